The highest BCUT2D eigenvalue weighted by Crippen LogP contribution is 2.28. The van der Waals surface area contributed by atoms with E-state index >= 15 is 0 Å². The van der Waals surface area contributed by atoms with Crippen LogP contribution in [0, 0.1) is 0 Å². The van der Waals surface area contributed by atoms with Gasteiger partial charge in [-0.1, -0.05) is 12.1 Å². The number of carbonyl (C=O) groups is 3. The van der Waals surface area contributed by atoms with Gasteiger partial charge in [-0.05, 0) is 69.2 Å². The van der Waals surface area contributed by atoms with Crippen molar-refractivity contribution in [2.45, 2.75) is 51.8 Å². The van der Waals surface area contributed by atoms with E-state index in [2.05, 4.69) is 10.4 Å². The number of anilines is 1. The van der Waals surface area contributed by atoms with Crippen molar-refractivity contribution in [2.24, 2.45) is 11.5 Å². The lowest BCUT2D eigenvalue weighted by atomic mass is 10.1. The van der Waals surface area contributed by atoms with Gasteiger partial charge in [0, 0.05) is 17.3 Å². The SMILES string of the molecule is CC(C)(C)N(c1cccc(COc2ccc3[nH]c(C(N)=O)cc3c2)c1)N1NC(=O)C(N)CCC1=O. The van der Waals surface area contributed by atoms with Crippen molar-refractivity contribution >= 4 is 34.3 Å². The topological polar surface area (TPSA) is 147 Å². The maximum Gasteiger partial charge on any atom is 0.265 e. The predicted octanol–water partition coefficient (Wildman–Crippen LogP) is 2.35. The first-order valence-corrected chi connectivity index (χ1v) is 11.4. The van der Waals surface area contributed by atoms with Crippen molar-refractivity contribution in [3.63, 3.8) is 0 Å². The summed E-state index contributed by atoms with van der Waals surface area (Å²) in [5.74, 6) is -0.526. The van der Waals surface area contributed by atoms with Crippen LogP contribution in [-0.2, 0) is 16.2 Å². The minimum atomic E-state index is -0.734. The summed E-state index contributed by atoms with van der Waals surface area (Å²) in [5, 5.41) is 3.84. The zero-order valence-electron chi connectivity index (χ0n) is 20.0. The van der Waals surface area contributed by atoms with E-state index in [1.165, 1.54) is 5.12 Å². The molecule has 184 valence electrons. The second-order valence-electron chi connectivity index (χ2n) is 9.56. The minimum absolute atomic E-state index is 0.161. The van der Waals surface area contributed by atoms with E-state index in [4.69, 9.17) is 16.2 Å². The fraction of sp³-hybridized carbons (Fsp3) is 0.320. The van der Waals surface area contributed by atoms with Gasteiger partial charge in [0.2, 0.25) is 0 Å². The Balaban J connectivity index is 1.56. The number of nitrogens with two attached hydrogens (primary N) is 2. The highest BCUT2D eigenvalue weighted by molar-refractivity contribution is 5.97. The molecule has 1 aromatic heterocycles. The van der Waals surface area contributed by atoms with Gasteiger partial charge in [-0.3, -0.25) is 19.4 Å². The van der Waals surface area contributed by atoms with Crippen LogP contribution in [0.15, 0.2) is 48.5 Å². The Kier molecular flexibility index (Phi) is 6.40. The first-order valence-electron chi connectivity index (χ1n) is 11.4. The number of aromatic amines is 1. The van der Waals surface area contributed by atoms with E-state index in [-0.39, 0.29) is 18.9 Å². The molecule has 1 atom stereocenters. The summed E-state index contributed by atoms with van der Waals surface area (Å²) < 4.78 is 5.99. The van der Waals surface area contributed by atoms with Crippen LogP contribution in [0.1, 0.15) is 49.7 Å². The fourth-order valence-electron chi connectivity index (χ4n) is 4.01. The molecule has 0 bridgehead atoms. The average molecular weight is 479 g/mol. The fourth-order valence-corrected chi connectivity index (χ4v) is 4.01. The number of nitrogens with one attached hydrogen (secondary N) is 2. The number of hydrogen-bond acceptors (Lipinski definition) is 6. The van der Waals surface area contributed by atoms with Crippen LogP contribution in [0.3, 0.4) is 0 Å². The highest BCUT2D eigenvalue weighted by atomic mass is 16.5. The maximum absolute atomic E-state index is 12.9. The number of aromatic nitrogens is 1. The van der Waals surface area contributed by atoms with Gasteiger partial charge in [-0.25, -0.2) is 5.43 Å². The second-order valence-corrected chi connectivity index (χ2v) is 9.56. The van der Waals surface area contributed by atoms with Crippen molar-refractivity contribution < 1.29 is 19.1 Å². The molecule has 0 saturated carbocycles. The number of benzene rings is 2. The molecule has 0 radical (unpaired) electrons. The van der Waals surface area contributed by atoms with Gasteiger partial charge >= 0.3 is 0 Å². The van der Waals surface area contributed by atoms with E-state index < -0.39 is 23.4 Å². The minimum Gasteiger partial charge on any atom is -0.489 e. The van der Waals surface area contributed by atoms with E-state index in [0.29, 0.717) is 17.9 Å². The van der Waals surface area contributed by atoms with Crippen molar-refractivity contribution in [2.75, 3.05) is 5.01 Å². The zero-order chi connectivity index (χ0) is 25.3. The van der Waals surface area contributed by atoms with Gasteiger partial charge in [0.05, 0.1) is 17.3 Å². The third-order valence-electron chi connectivity index (χ3n) is 5.71. The smallest absolute Gasteiger partial charge is 0.265 e. The van der Waals surface area contributed by atoms with Crippen LogP contribution < -0.4 is 26.6 Å². The van der Waals surface area contributed by atoms with Crippen LogP contribution in [0.5, 0.6) is 5.75 Å². The summed E-state index contributed by atoms with van der Waals surface area (Å²) in [6.45, 7) is 6.13. The Morgan fingerprint density at radius 1 is 1.17 bits per heavy atom. The molecule has 3 amide bonds. The molecular weight excluding hydrogens is 448 g/mol. The molecule has 6 N–H and O–H groups in total. The molecule has 35 heavy (non-hydrogen) atoms. The molecule has 4 rings (SSSR count). The lowest BCUT2D eigenvalue weighted by Crippen LogP contribution is -2.62. The molecule has 1 aliphatic heterocycles. The lowest BCUT2D eigenvalue weighted by molar-refractivity contribution is -0.141. The first-order chi connectivity index (χ1) is 16.5. The van der Waals surface area contributed by atoms with Gasteiger partial charge in [-0.15, -0.1) is 0 Å². The molecule has 10 nitrogen and oxygen atoms in total. The van der Waals surface area contributed by atoms with E-state index in [1.54, 1.807) is 11.1 Å². The van der Waals surface area contributed by atoms with Gasteiger partial charge < -0.3 is 21.2 Å². The van der Waals surface area contributed by atoms with Crippen molar-refractivity contribution in [3.05, 3.63) is 59.8 Å². The third-order valence-corrected chi connectivity index (χ3v) is 5.71. The molecule has 0 aliphatic carbocycles. The number of H-pyrrole nitrogens is 1. The molecule has 0 spiro atoms. The quantitative estimate of drug-likeness (QED) is 0.428. The average Bonchev–Trinajstić information content (AvgIpc) is 3.19. The van der Waals surface area contributed by atoms with Crippen molar-refractivity contribution in [1.82, 2.24) is 15.5 Å². The number of ether oxygens (including phenoxy) is 1. The zero-order valence-corrected chi connectivity index (χ0v) is 20.0. The number of hydrogen-bond donors (Lipinski definition) is 4. The number of nitrogens with zero attached hydrogens (tertiary/aromatic N) is 2. The summed E-state index contributed by atoms with van der Waals surface area (Å²) in [7, 11) is 0. The van der Waals surface area contributed by atoms with Gasteiger partial charge in [-0.2, -0.15) is 5.12 Å². The normalized spacial score (nSPS) is 16.7. The maximum atomic E-state index is 12.9. The molecular formula is C25H30N6O4. The Morgan fingerprint density at radius 2 is 1.94 bits per heavy atom. The van der Waals surface area contributed by atoms with Gasteiger partial charge in [0.15, 0.2) is 0 Å². The molecule has 1 aliphatic rings. The number of rotatable bonds is 6. The number of fused-ring (bicyclic) bond motifs is 1. The van der Waals surface area contributed by atoms with Crippen LogP contribution in [0.2, 0.25) is 0 Å². The number of amides is 3. The molecule has 2 aromatic carbocycles. The molecule has 1 unspecified atom stereocenters. The first kappa shape index (κ1) is 24.1. The summed E-state index contributed by atoms with van der Waals surface area (Å²) in [4.78, 5) is 39.6. The Labute approximate surface area is 203 Å². The van der Waals surface area contributed by atoms with Crippen LogP contribution in [-0.4, -0.2) is 39.4 Å². The summed E-state index contributed by atoms with van der Waals surface area (Å²) in [6, 6.07) is 14.0. The van der Waals surface area contributed by atoms with Crippen LogP contribution >= 0.6 is 0 Å². The summed E-state index contributed by atoms with van der Waals surface area (Å²) >= 11 is 0. The Morgan fingerprint density at radius 3 is 2.66 bits per heavy atom. The third kappa shape index (κ3) is 5.22. The molecule has 1 saturated heterocycles. The number of primary amides is 1. The second kappa shape index (κ2) is 9.30. The monoisotopic (exact) mass is 478 g/mol. The van der Waals surface area contributed by atoms with Crippen LogP contribution in [0.25, 0.3) is 10.9 Å². The van der Waals surface area contributed by atoms with Gasteiger partial charge in [0.1, 0.15) is 18.1 Å². The molecule has 10 heteroatoms. The lowest BCUT2D eigenvalue weighted by Gasteiger charge is -2.44. The number of hydrazine groups is 2. The van der Waals surface area contributed by atoms with Crippen molar-refractivity contribution in [3.8, 4) is 5.75 Å². The van der Waals surface area contributed by atoms with Crippen LogP contribution in [0.4, 0.5) is 5.69 Å². The van der Waals surface area contributed by atoms with Gasteiger partial charge in [0.25, 0.3) is 17.7 Å². The Bertz CT molecular complexity index is 1280. The molecule has 3 aromatic rings. The van der Waals surface area contributed by atoms with E-state index in [1.807, 2.05) is 63.2 Å². The highest BCUT2D eigenvalue weighted by Gasteiger charge is 2.35. The summed E-state index contributed by atoms with van der Waals surface area (Å²) in [6.07, 6.45) is 0.452. The predicted molar refractivity (Wildman–Crippen MR) is 132 cm³/mol. The summed E-state index contributed by atoms with van der Waals surface area (Å²) in [5.41, 5.74) is 16.1. The number of carbonyl (C=O) groups excluding carboxylic acids is 3. The van der Waals surface area contributed by atoms with Crippen molar-refractivity contribution in [1.29, 1.82) is 0 Å². The molecule has 2 heterocycles. The standard InChI is InChI=1S/C25H30N6O4/c1-25(2,3)30(31-22(32)10-8-19(26)24(34)29-31)17-6-4-5-15(11-17)14-35-18-7-9-20-16(12-18)13-21(28-20)23(27)33/h4-7,9,11-13,19,28H,8,10,14,26H2,1-3H3,(H2,27,33)(H,29,34). The Hall–Kier alpha value is -4.05. The largest absolute Gasteiger partial charge is 0.489 e. The molecule has 1 fully saturated rings. The van der Waals surface area contributed by atoms with E-state index in [0.717, 1.165) is 22.2 Å². The van der Waals surface area contributed by atoms with E-state index in [9.17, 15) is 14.4 Å².